The SMILES string of the molecule is COc1ccc2c(c1)CC(N1CCN(C)CC1)c1ccccc1S2.CS(=O)(=O)O.CS(=O)(=O)O. The summed E-state index contributed by atoms with van der Waals surface area (Å²) in [4.78, 5) is 7.84. The molecule has 1 unspecified atom stereocenters. The van der Waals surface area contributed by atoms with Crippen LogP contribution in [0.5, 0.6) is 5.75 Å². The molecular weight excluding hydrogens is 500 g/mol. The molecule has 0 aliphatic carbocycles. The van der Waals surface area contributed by atoms with Crippen molar-refractivity contribution in [2.45, 2.75) is 22.3 Å². The van der Waals surface area contributed by atoms with Crippen LogP contribution in [0.15, 0.2) is 52.3 Å². The summed E-state index contributed by atoms with van der Waals surface area (Å²) in [6.07, 6.45) is 2.49. The molecule has 0 bridgehead atoms. The molecule has 0 spiro atoms. The van der Waals surface area contributed by atoms with Gasteiger partial charge in [-0.25, -0.2) is 0 Å². The number of nitrogens with zero attached hydrogens (tertiary/aromatic N) is 2. The van der Waals surface area contributed by atoms with Crippen LogP contribution in [0.3, 0.4) is 0 Å². The number of benzene rings is 2. The average Bonchev–Trinajstić information content (AvgIpc) is 2.88. The number of methoxy groups -OCH3 is 1. The maximum absolute atomic E-state index is 9.19. The van der Waals surface area contributed by atoms with Crippen LogP contribution in [-0.4, -0.2) is 88.6 Å². The van der Waals surface area contributed by atoms with Crippen molar-refractivity contribution in [3.05, 3.63) is 53.6 Å². The average molecular weight is 533 g/mol. The quantitative estimate of drug-likeness (QED) is 0.558. The van der Waals surface area contributed by atoms with Crippen LogP contribution in [-0.2, 0) is 26.7 Å². The van der Waals surface area contributed by atoms with E-state index in [9.17, 15) is 16.8 Å². The van der Waals surface area contributed by atoms with Crippen molar-refractivity contribution in [3.8, 4) is 5.75 Å². The lowest BCUT2D eigenvalue weighted by molar-refractivity contribution is 0.110. The predicted octanol–water partition coefficient (Wildman–Crippen LogP) is 2.70. The number of piperazine rings is 1. The zero-order valence-electron chi connectivity index (χ0n) is 19.7. The summed E-state index contributed by atoms with van der Waals surface area (Å²) >= 11 is 1.90. The van der Waals surface area contributed by atoms with E-state index in [4.69, 9.17) is 13.8 Å². The second kappa shape index (κ2) is 12.3. The first kappa shape index (κ1) is 28.6. The molecule has 1 saturated heterocycles. The van der Waals surface area contributed by atoms with Crippen LogP contribution in [0, 0.1) is 0 Å². The third-order valence-corrected chi connectivity index (χ3v) is 6.37. The first-order chi connectivity index (χ1) is 15.7. The molecule has 2 heterocycles. The van der Waals surface area contributed by atoms with Gasteiger partial charge in [0, 0.05) is 42.0 Å². The van der Waals surface area contributed by atoms with E-state index >= 15 is 0 Å². The van der Waals surface area contributed by atoms with Crippen molar-refractivity contribution in [1.29, 1.82) is 0 Å². The highest BCUT2D eigenvalue weighted by Crippen LogP contribution is 2.43. The smallest absolute Gasteiger partial charge is 0.261 e. The van der Waals surface area contributed by atoms with Crippen LogP contribution in [0.25, 0.3) is 0 Å². The molecule has 2 N–H and O–H groups in total. The summed E-state index contributed by atoms with van der Waals surface area (Å²) < 4.78 is 57.2. The highest BCUT2D eigenvalue weighted by Gasteiger charge is 2.29. The van der Waals surface area contributed by atoms with Gasteiger partial charge in [0.05, 0.1) is 19.6 Å². The predicted molar refractivity (Wildman–Crippen MR) is 134 cm³/mol. The van der Waals surface area contributed by atoms with Gasteiger partial charge in [-0.05, 0) is 48.9 Å². The topological polar surface area (TPSA) is 124 Å². The molecule has 1 fully saturated rings. The molecule has 2 aromatic rings. The fourth-order valence-corrected chi connectivity index (χ4v) is 4.80. The lowest BCUT2D eigenvalue weighted by Crippen LogP contribution is -2.46. The minimum atomic E-state index is -3.67. The molecule has 190 valence electrons. The number of hydrogen-bond donors (Lipinski definition) is 2. The molecule has 9 nitrogen and oxygen atoms in total. The molecule has 0 aromatic heterocycles. The molecule has 2 aliphatic rings. The van der Waals surface area contributed by atoms with E-state index < -0.39 is 20.2 Å². The Morgan fingerprint density at radius 3 is 2.03 bits per heavy atom. The van der Waals surface area contributed by atoms with Crippen LogP contribution in [0.4, 0.5) is 0 Å². The van der Waals surface area contributed by atoms with Gasteiger partial charge in [0.2, 0.25) is 0 Å². The van der Waals surface area contributed by atoms with E-state index in [1.54, 1.807) is 7.11 Å². The molecule has 0 radical (unpaired) electrons. The molecule has 12 heteroatoms. The first-order valence-electron chi connectivity index (χ1n) is 10.5. The van der Waals surface area contributed by atoms with Crippen LogP contribution < -0.4 is 4.74 Å². The molecule has 0 saturated carbocycles. The second-order valence-corrected chi connectivity index (χ2v) is 12.2. The monoisotopic (exact) mass is 532 g/mol. The summed E-state index contributed by atoms with van der Waals surface area (Å²) in [7, 11) is -3.37. The zero-order valence-corrected chi connectivity index (χ0v) is 22.2. The van der Waals surface area contributed by atoms with Crippen LogP contribution in [0.1, 0.15) is 17.2 Å². The highest BCUT2D eigenvalue weighted by atomic mass is 32.2. The van der Waals surface area contributed by atoms with Gasteiger partial charge in [-0.3, -0.25) is 14.0 Å². The highest BCUT2D eigenvalue weighted by molar-refractivity contribution is 7.99. The van der Waals surface area contributed by atoms with Crippen molar-refractivity contribution in [2.24, 2.45) is 0 Å². The molecule has 4 rings (SSSR count). The van der Waals surface area contributed by atoms with Gasteiger partial charge < -0.3 is 9.64 Å². The first-order valence-corrected chi connectivity index (χ1v) is 15.0. The fraction of sp³-hybridized carbons (Fsp3) is 0.455. The fourth-order valence-electron chi connectivity index (χ4n) is 3.69. The lowest BCUT2D eigenvalue weighted by Gasteiger charge is -2.38. The molecule has 0 amide bonds. The number of fused-ring (bicyclic) bond motifs is 2. The summed E-state index contributed by atoms with van der Waals surface area (Å²) in [5.74, 6) is 0.956. The van der Waals surface area contributed by atoms with Gasteiger partial charge in [0.15, 0.2) is 0 Å². The van der Waals surface area contributed by atoms with Gasteiger partial charge >= 0.3 is 0 Å². The summed E-state index contributed by atoms with van der Waals surface area (Å²) in [6.45, 7) is 4.58. The Kier molecular flexibility index (Phi) is 10.4. The second-order valence-electron chi connectivity index (χ2n) is 8.14. The largest absolute Gasteiger partial charge is 0.497 e. The van der Waals surface area contributed by atoms with E-state index in [1.807, 2.05) is 11.8 Å². The Hall–Kier alpha value is -1.67. The van der Waals surface area contributed by atoms with Crippen molar-refractivity contribution in [2.75, 3.05) is 52.8 Å². The third-order valence-electron chi connectivity index (χ3n) is 5.16. The Morgan fingerprint density at radius 1 is 0.912 bits per heavy atom. The van der Waals surface area contributed by atoms with E-state index in [-0.39, 0.29) is 0 Å². The van der Waals surface area contributed by atoms with Crippen molar-refractivity contribution < 1.29 is 30.7 Å². The van der Waals surface area contributed by atoms with Crippen LogP contribution >= 0.6 is 11.8 Å². The molecule has 1 atom stereocenters. The van der Waals surface area contributed by atoms with Crippen molar-refractivity contribution in [1.82, 2.24) is 9.80 Å². The lowest BCUT2D eigenvalue weighted by atomic mass is 9.96. The molecule has 2 aliphatic heterocycles. The number of hydrogen-bond acceptors (Lipinski definition) is 8. The molecule has 2 aromatic carbocycles. The van der Waals surface area contributed by atoms with E-state index in [0.717, 1.165) is 38.3 Å². The minimum absolute atomic E-state index is 0.454. The van der Waals surface area contributed by atoms with Crippen LogP contribution in [0.2, 0.25) is 0 Å². The third kappa shape index (κ3) is 10.3. The number of likely N-dealkylation sites (N-methyl/N-ethyl adjacent to an activating group) is 1. The summed E-state index contributed by atoms with van der Waals surface area (Å²) in [5, 5.41) is 0. The normalized spacial score (nSPS) is 18.7. The molecule has 34 heavy (non-hydrogen) atoms. The summed E-state index contributed by atoms with van der Waals surface area (Å²) in [6, 6.07) is 15.9. The Morgan fingerprint density at radius 2 is 1.47 bits per heavy atom. The minimum Gasteiger partial charge on any atom is -0.497 e. The maximum Gasteiger partial charge on any atom is 0.261 e. The zero-order chi connectivity index (χ0) is 25.5. The van der Waals surface area contributed by atoms with E-state index in [1.165, 1.54) is 20.9 Å². The number of ether oxygens (including phenoxy) is 1. The number of rotatable bonds is 2. The van der Waals surface area contributed by atoms with Gasteiger partial charge in [-0.1, -0.05) is 30.0 Å². The molecular formula is C22H32N2O7S3. The van der Waals surface area contributed by atoms with Crippen molar-refractivity contribution >= 4 is 32.0 Å². The van der Waals surface area contributed by atoms with Gasteiger partial charge in [-0.2, -0.15) is 16.8 Å². The summed E-state index contributed by atoms with van der Waals surface area (Å²) in [5.41, 5.74) is 2.88. The standard InChI is InChI=1S/C20H24N2OS.2CH4O3S/c1-21-9-11-22(12-10-21)18-14-15-13-16(23-2)7-8-19(15)24-20-6-4-3-5-17(18)20;2*1-5(2,3)4/h3-8,13,18H,9-12,14H2,1-2H3;2*1H3,(H,2,3,4). The van der Waals surface area contributed by atoms with E-state index in [0.29, 0.717) is 18.6 Å². The van der Waals surface area contributed by atoms with Gasteiger partial charge in [0.25, 0.3) is 20.2 Å². The van der Waals surface area contributed by atoms with Crippen molar-refractivity contribution in [3.63, 3.8) is 0 Å². The van der Waals surface area contributed by atoms with Gasteiger partial charge in [0.1, 0.15) is 5.75 Å². The van der Waals surface area contributed by atoms with E-state index in [2.05, 4.69) is 59.3 Å². The Bertz CT molecular complexity index is 1120. The Labute approximate surface area is 206 Å². The van der Waals surface area contributed by atoms with Gasteiger partial charge in [-0.15, -0.1) is 0 Å². The Balaban J connectivity index is 0.000000347. The maximum atomic E-state index is 9.19.